The molecule has 0 spiro atoms. The van der Waals surface area contributed by atoms with E-state index in [1.54, 1.807) is 0 Å². The number of amides is 1. The number of rotatable bonds is 5. The van der Waals surface area contributed by atoms with Crippen LogP contribution in [-0.2, 0) is 16.8 Å². The van der Waals surface area contributed by atoms with Gasteiger partial charge in [-0.05, 0) is 48.4 Å². The monoisotopic (exact) mass is 443 g/mol. The number of fused-ring (bicyclic) bond motifs is 3. The highest BCUT2D eigenvalue weighted by atomic mass is 16.2. The predicted molar refractivity (Wildman–Crippen MR) is 131 cm³/mol. The van der Waals surface area contributed by atoms with Crippen LogP contribution >= 0.6 is 0 Å². The molecular weight excluding hydrogens is 410 g/mol. The van der Waals surface area contributed by atoms with Crippen molar-refractivity contribution in [3.63, 3.8) is 0 Å². The number of hydrogen-bond acceptors (Lipinski definition) is 4. The number of benzene rings is 2. The van der Waals surface area contributed by atoms with Crippen molar-refractivity contribution < 1.29 is 4.79 Å². The van der Waals surface area contributed by atoms with Crippen molar-refractivity contribution in [1.29, 1.82) is 0 Å². The number of anilines is 1. The molecule has 3 aliphatic heterocycles. The van der Waals surface area contributed by atoms with Gasteiger partial charge in [-0.25, -0.2) is 0 Å². The minimum Gasteiger partial charge on any atom is -0.326 e. The third-order valence-electron chi connectivity index (χ3n) is 7.24. The van der Waals surface area contributed by atoms with Gasteiger partial charge >= 0.3 is 0 Å². The molecule has 2 aromatic carbocycles. The van der Waals surface area contributed by atoms with Gasteiger partial charge in [0.1, 0.15) is 5.69 Å². The van der Waals surface area contributed by atoms with Crippen molar-refractivity contribution in [3.05, 3.63) is 66.4 Å². The van der Waals surface area contributed by atoms with Crippen LogP contribution in [0.25, 0.3) is 11.3 Å². The third kappa shape index (κ3) is 4.71. The summed E-state index contributed by atoms with van der Waals surface area (Å²) in [6, 6.07) is 18.8. The summed E-state index contributed by atoms with van der Waals surface area (Å²) >= 11 is 0. The highest BCUT2D eigenvalue weighted by molar-refractivity contribution is 5.93. The van der Waals surface area contributed by atoms with Crippen molar-refractivity contribution >= 4 is 11.6 Å². The Balaban J connectivity index is 1.21. The molecule has 3 fully saturated rings. The van der Waals surface area contributed by atoms with Crippen LogP contribution in [0, 0.1) is 11.8 Å². The first-order chi connectivity index (χ1) is 15.9. The Bertz CT molecular complexity index is 1100. The number of carbonyl (C=O) groups is 1. The number of aromatic nitrogens is 3. The van der Waals surface area contributed by atoms with Crippen LogP contribution in [0.15, 0.2) is 60.8 Å². The lowest BCUT2D eigenvalue weighted by Crippen LogP contribution is -2.57. The second kappa shape index (κ2) is 8.75. The molecule has 6 nitrogen and oxygen atoms in total. The van der Waals surface area contributed by atoms with E-state index in [1.165, 1.54) is 5.56 Å². The maximum absolute atomic E-state index is 12.9. The summed E-state index contributed by atoms with van der Waals surface area (Å²) in [5, 5.41) is 11.9. The average Bonchev–Trinajstić information content (AvgIpc) is 3.28. The molecule has 6 rings (SSSR count). The summed E-state index contributed by atoms with van der Waals surface area (Å²) in [5.41, 5.74) is 4.33. The lowest BCUT2D eigenvalue weighted by Gasteiger charge is -2.49. The predicted octanol–water partition coefficient (Wildman–Crippen LogP) is 4.59. The van der Waals surface area contributed by atoms with Gasteiger partial charge in [-0.2, -0.15) is 0 Å². The molecule has 3 saturated heterocycles. The lowest BCUT2D eigenvalue weighted by molar-refractivity contribution is -0.127. The summed E-state index contributed by atoms with van der Waals surface area (Å²) in [5.74, 6) is 0.635. The molecule has 4 heterocycles. The van der Waals surface area contributed by atoms with E-state index in [-0.39, 0.29) is 17.2 Å². The van der Waals surface area contributed by atoms with Gasteiger partial charge in [0, 0.05) is 23.8 Å². The fourth-order valence-corrected chi connectivity index (χ4v) is 5.26. The van der Waals surface area contributed by atoms with Crippen molar-refractivity contribution in [2.24, 2.45) is 11.8 Å². The van der Waals surface area contributed by atoms with Crippen molar-refractivity contribution in [2.45, 2.75) is 51.6 Å². The summed E-state index contributed by atoms with van der Waals surface area (Å²) in [6.45, 7) is 9.37. The van der Waals surface area contributed by atoms with Crippen LogP contribution in [0.2, 0.25) is 0 Å². The normalized spacial score (nSPS) is 24.6. The zero-order chi connectivity index (χ0) is 23.0. The maximum Gasteiger partial charge on any atom is 0.229 e. The van der Waals surface area contributed by atoms with Crippen LogP contribution < -0.4 is 5.32 Å². The third-order valence-corrected chi connectivity index (χ3v) is 7.24. The van der Waals surface area contributed by atoms with Gasteiger partial charge in [-0.3, -0.25) is 14.4 Å². The van der Waals surface area contributed by atoms with Gasteiger partial charge in [0.2, 0.25) is 5.91 Å². The molecule has 2 bridgehead atoms. The fraction of sp³-hybridized carbons (Fsp3) is 0.444. The molecular formula is C27H33N5O. The van der Waals surface area contributed by atoms with E-state index in [0.717, 1.165) is 49.4 Å². The quantitative estimate of drug-likeness (QED) is 0.626. The molecule has 172 valence electrons. The Labute approximate surface area is 196 Å². The standard InChI is InChI=1S/C27H33N5O/c1-27(2,3)21-11-9-19(10-12-21)25-18-32(30-29-25)16-23-15-20-13-14-31(23)17-24(20)26(33)28-22-7-5-4-6-8-22/h4-12,18,20,23-24H,13-17H2,1-3H3,(H,28,33)/t20?,23-,24+/m1/s1. The molecule has 3 aliphatic rings. The first-order valence-electron chi connectivity index (χ1n) is 12.0. The molecule has 0 radical (unpaired) electrons. The van der Waals surface area contributed by atoms with Crippen molar-refractivity contribution in [2.75, 3.05) is 18.4 Å². The van der Waals surface area contributed by atoms with Gasteiger partial charge in [-0.1, -0.05) is 68.4 Å². The Morgan fingerprint density at radius 3 is 2.52 bits per heavy atom. The van der Waals surface area contributed by atoms with Gasteiger partial charge in [0.25, 0.3) is 0 Å². The van der Waals surface area contributed by atoms with E-state index < -0.39 is 0 Å². The zero-order valence-corrected chi connectivity index (χ0v) is 19.7. The highest BCUT2D eigenvalue weighted by Crippen LogP contribution is 2.37. The van der Waals surface area contributed by atoms with Gasteiger partial charge in [-0.15, -0.1) is 5.10 Å². The van der Waals surface area contributed by atoms with E-state index in [2.05, 4.69) is 71.8 Å². The molecule has 6 heteroatoms. The smallest absolute Gasteiger partial charge is 0.229 e. The van der Waals surface area contributed by atoms with Gasteiger partial charge < -0.3 is 5.32 Å². The molecule has 33 heavy (non-hydrogen) atoms. The molecule has 1 amide bonds. The van der Waals surface area contributed by atoms with E-state index in [0.29, 0.717) is 12.0 Å². The van der Waals surface area contributed by atoms with Crippen LogP contribution in [0.1, 0.15) is 39.2 Å². The summed E-state index contributed by atoms with van der Waals surface area (Å²) in [4.78, 5) is 15.4. The second-order valence-corrected chi connectivity index (χ2v) is 10.5. The van der Waals surface area contributed by atoms with E-state index >= 15 is 0 Å². The van der Waals surface area contributed by atoms with Crippen molar-refractivity contribution in [3.8, 4) is 11.3 Å². The minimum atomic E-state index is 0.0582. The van der Waals surface area contributed by atoms with Crippen LogP contribution in [0.5, 0.6) is 0 Å². The molecule has 3 aromatic rings. The number of nitrogens with one attached hydrogen (secondary N) is 1. The summed E-state index contributed by atoms with van der Waals surface area (Å²) in [7, 11) is 0. The Morgan fingerprint density at radius 1 is 1.09 bits per heavy atom. The van der Waals surface area contributed by atoms with Crippen LogP contribution in [0.4, 0.5) is 5.69 Å². The van der Waals surface area contributed by atoms with E-state index in [9.17, 15) is 4.79 Å². The van der Waals surface area contributed by atoms with Crippen LogP contribution in [-0.4, -0.2) is 44.9 Å². The first kappa shape index (κ1) is 21.8. The first-order valence-corrected chi connectivity index (χ1v) is 12.0. The largest absolute Gasteiger partial charge is 0.326 e. The minimum absolute atomic E-state index is 0.0582. The Hall–Kier alpha value is -2.99. The number of piperidine rings is 3. The SMILES string of the molecule is CC(C)(C)c1ccc(-c2cn(C[C@H]3CC4CCN3C[C@@H]4C(=O)Nc3ccccc3)nn2)cc1. The Kier molecular flexibility index (Phi) is 5.79. The van der Waals surface area contributed by atoms with Gasteiger partial charge in [0.15, 0.2) is 0 Å². The van der Waals surface area contributed by atoms with E-state index in [4.69, 9.17) is 0 Å². The summed E-state index contributed by atoms with van der Waals surface area (Å²) in [6.07, 6.45) is 4.17. The number of hydrogen-bond donors (Lipinski definition) is 1. The number of carbonyl (C=O) groups excluding carboxylic acids is 1. The van der Waals surface area contributed by atoms with Crippen molar-refractivity contribution in [1.82, 2.24) is 19.9 Å². The second-order valence-electron chi connectivity index (χ2n) is 10.5. The Morgan fingerprint density at radius 2 is 1.85 bits per heavy atom. The summed E-state index contributed by atoms with van der Waals surface area (Å²) < 4.78 is 1.97. The molecule has 1 aromatic heterocycles. The van der Waals surface area contributed by atoms with Gasteiger partial charge in [0.05, 0.1) is 18.7 Å². The average molecular weight is 444 g/mol. The van der Waals surface area contributed by atoms with E-state index in [1.807, 2.05) is 35.0 Å². The highest BCUT2D eigenvalue weighted by Gasteiger charge is 2.43. The molecule has 0 saturated carbocycles. The maximum atomic E-state index is 12.9. The zero-order valence-electron chi connectivity index (χ0n) is 19.7. The molecule has 4 atom stereocenters. The topological polar surface area (TPSA) is 63.1 Å². The molecule has 0 aliphatic carbocycles. The molecule has 1 N–H and O–H groups in total. The fourth-order valence-electron chi connectivity index (χ4n) is 5.26. The number of nitrogens with zero attached hydrogens (tertiary/aromatic N) is 4. The molecule has 2 unspecified atom stereocenters. The lowest BCUT2D eigenvalue weighted by atomic mass is 9.75. The number of para-hydroxylation sites is 1. The van der Waals surface area contributed by atoms with Crippen LogP contribution in [0.3, 0.4) is 0 Å².